The topological polar surface area (TPSA) is 49.7 Å². The van der Waals surface area contributed by atoms with Gasteiger partial charge in [-0.1, -0.05) is 57.9 Å². The first kappa shape index (κ1) is 18.9. The average Bonchev–Trinajstić information content (AvgIpc) is 2.49. The zero-order chi connectivity index (χ0) is 16.4. The molecule has 2 N–H and O–H groups in total. The Morgan fingerprint density at radius 2 is 1.50 bits per heavy atom. The Labute approximate surface area is 131 Å². The average molecular weight is 314 g/mol. The summed E-state index contributed by atoms with van der Waals surface area (Å²) in [4.78, 5) is 0. The van der Waals surface area contributed by atoms with Crippen LogP contribution in [0.1, 0.15) is 58.3 Å². The van der Waals surface area contributed by atoms with Gasteiger partial charge in [-0.25, -0.2) is 4.39 Å². The molecule has 3 nitrogen and oxygen atoms in total. The van der Waals surface area contributed by atoms with Crippen LogP contribution >= 0.6 is 0 Å². The van der Waals surface area contributed by atoms with Crippen LogP contribution in [0.25, 0.3) is 0 Å². The van der Waals surface area contributed by atoms with Crippen LogP contribution in [0.2, 0.25) is 0 Å². The lowest BCUT2D eigenvalue weighted by Crippen LogP contribution is -2.33. The number of hydrogen-bond acceptors (Lipinski definition) is 3. The summed E-state index contributed by atoms with van der Waals surface area (Å²) in [5.41, 5.74) is -0.489. The van der Waals surface area contributed by atoms with Crippen molar-refractivity contribution in [3.8, 4) is 5.75 Å². The molecule has 0 atom stereocenters. The highest BCUT2D eigenvalue weighted by Gasteiger charge is 2.22. The zero-order valence-electron chi connectivity index (χ0n) is 13.2. The van der Waals surface area contributed by atoms with Crippen molar-refractivity contribution in [2.75, 3.05) is 6.61 Å². The number of halogens is 2. The lowest BCUT2D eigenvalue weighted by Gasteiger charge is -2.10. The summed E-state index contributed by atoms with van der Waals surface area (Å²) >= 11 is 0. The molecule has 1 aromatic carbocycles. The third-order valence-electron chi connectivity index (χ3n) is 3.61. The van der Waals surface area contributed by atoms with Crippen LogP contribution in [-0.4, -0.2) is 23.8 Å². The van der Waals surface area contributed by atoms with E-state index < -0.39 is 24.2 Å². The molecule has 0 heterocycles. The van der Waals surface area contributed by atoms with Gasteiger partial charge in [0, 0.05) is 5.46 Å². The van der Waals surface area contributed by atoms with Crippen molar-refractivity contribution in [1.29, 1.82) is 0 Å². The second-order valence-corrected chi connectivity index (χ2v) is 5.48. The van der Waals surface area contributed by atoms with Gasteiger partial charge in [0.2, 0.25) is 0 Å². The maximum atomic E-state index is 13.6. The molecule has 0 saturated heterocycles. The van der Waals surface area contributed by atoms with Gasteiger partial charge in [-0.15, -0.1) is 0 Å². The van der Waals surface area contributed by atoms with Crippen LogP contribution < -0.4 is 10.2 Å². The lowest BCUT2D eigenvalue weighted by atomic mass is 9.80. The fourth-order valence-corrected chi connectivity index (χ4v) is 2.28. The van der Waals surface area contributed by atoms with E-state index in [0.717, 1.165) is 25.3 Å². The Balaban J connectivity index is 2.24. The van der Waals surface area contributed by atoms with Crippen molar-refractivity contribution in [2.45, 2.75) is 58.3 Å². The Morgan fingerprint density at radius 3 is 2.09 bits per heavy atom. The molecule has 124 valence electrons. The molecule has 0 unspecified atom stereocenters. The van der Waals surface area contributed by atoms with Crippen molar-refractivity contribution in [3.63, 3.8) is 0 Å². The Bertz CT molecular complexity index is 442. The molecule has 0 aliphatic heterocycles. The second kappa shape index (κ2) is 10.6. The molecule has 6 heteroatoms. The van der Waals surface area contributed by atoms with Gasteiger partial charge in [0.1, 0.15) is 0 Å². The fraction of sp³-hybridized carbons (Fsp3) is 0.625. The van der Waals surface area contributed by atoms with Crippen molar-refractivity contribution < 1.29 is 23.6 Å². The molecule has 0 fully saturated rings. The SMILES string of the molecule is CCCCCCCCCCOc1ccc(B(O)O)c(F)c1F. The van der Waals surface area contributed by atoms with Gasteiger partial charge in [0.15, 0.2) is 17.4 Å². The molecule has 0 spiro atoms. The monoisotopic (exact) mass is 314 g/mol. The van der Waals surface area contributed by atoms with Gasteiger partial charge in [-0.3, -0.25) is 0 Å². The van der Waals surface area contributed by atoms with Crippen LogP contribution in [-0.2, 0) is 0 Å². The number of benzene rings is 1. The summed E-state index contributed by atoms with van der Waals surface area (Å²) in [5, 5.41) is 17.8. The van der Waals surface area contributed by atoms with Crippen molar-refractivity contribution in [2.24, 2.45) is 0 Å². The van der Waals surface area contributed by atoms with E-state index in [4.69, 9.17) is 14.8 Å². The minimum atomic E-state index is -2.03. The predicted molar refractivity (Wildman–Crippen MR) is 84.3 cm³/mol. The summed E-state index contributed by atoms with van der Waals surface area (Å²) in [6.07, 6.45) is 9.17. The van der Waals surface area contributed by atoms with Crippen LogP contribution in [0.15, 0.2) is 12.1 Å². The zero-order valence-corrected chi connectivity index (χ0v) is 13.2. The molecule has 0 radical (unpaired) electrons. The van der Waals surface area contributed by atoms with Crippen molar-refractivity contribution in [3.05, 3.63) is 23.8 Å². The molecular weight excluding hydrogens is 289 g/mol. The molecule has 22 heavy (non-hydrogen) atoms. The first-order chi connectivity index (χ1) is 10.6. The number of unbranched alkanes of at least 4 members (excludes halogenated alkanes) is 7. The summed E-state index contributed by atoms with van der Waals surface area (Å²) in [6.45, 7) is 2.51. The molecule has 0 aromatic heterocycles. The van der Waals surface area contributed by atoms with Crippen LogP contribution in [0.3, 0.4) is 0 Å². The first-order valence-corrected chi connectivity index (χ1v) is 8.04. The van der Waals surface area contributed by atoms with E-state index in [1.807, 2.05) is 0 Å². The fourth-order valence-electron chi connectivity index (χ4n) is 2.28. The van der Waals surface area contributed by atoms with Crippen LogP contribution in [0.5, 0.6) is 5.75 Å². The van der Waals surface area contributed by atoms with Gasteiger partial charge in [0.05, 0.1) is 6.61 Å². The second-order valence-electron chi connectivity index (χ2n) is 5.48. The maximum Gasteiger partial charge on any atom is 0.491 e. The first-order valence-electron chi connectivity index (χ1n) is 8.04. The normalized spacial score (nSPS) is 10.8. The van der Waals surface area contributed by atoms with Gasteiger partial charge in [-0.2, -0.15) is 4.39 Å². The van der Waals surface area contributed by atoms with Crippen LogP contribution in [0, 0.1) is 11.6 Å². The quantitative estimate of drug-likeness (QED) is 0.487. The lowest BCUT2D eigenvalue weighted by molar-refractivity contribution is 0.285. The summed E-state index contributed by atoms with van der Waals surface area (Å²) in [6, 6.07) is 2.34. The molecule has 0 aliphatic carbocycles. The summed E-state index contributed by atoms with van der Waals surface area (Å²) in [7, 11) is -2.03. The Hall–Kier alpha value is -1.14. The Kier molecular flexibility index (Phi) is 9.08. The third-order valence-corrected chi connectivity index (χ3v) is 3.61. The molecule has 1 rings (SSSR count). The van der Waals surface area contributed by atoms with E-state index >= 15 is 0 Å². The van der Waals surface area contributed by atoms with Gasteiger partial charge < -0.3 is 14.8 Å². The highest BCUT2D eigenvalue weighted by atomic mass is 19.2. The van der Waals surface area contributed by atoms with E-state index in [2.05, 4.69) is 6.92 Å². The highest BCUT2D eigenvalue weighted by molar-refractivity contribution is 6.58. The number of rotatable bonds is 11. The molecular formula is C16H25BF2O3. The minimum Gasteiger partial charge on any atom is -0.490 e. The highest BCUT2D eigenvalue weighted by Crippen LogP contribution is 2.19. The third kappa shape index (κ3) is 6.32. The van der Waals surface area contributed by atoms with Crippen LogP contribution in [0.4, 0.5) is 8.78 Å². The van der Waals surface area contributed by atoms with Crippen molar-refractivity contribution >= 4 is 12.6 Å². The maximum absolute atomic E-state index is 13.6. The molecule has 1 aromatic rings. The minimum absolute atomic E-state index is 0.190. The largest absolute Gasteiger partial charge is 0.491 e. The van der Waals surface area contributed by atoms with Gasteiger partial charge >= 0.3 is 7.12 Å². The molecule has 0 amide bonds. The summed E-state index contributed by atoms with van der Waals surface area (Å²) < 4.78 is 32.4. The molecule has 0 aliphatic rings. The molecule has 0 bridgehead atoms. The van der Waals surface area contributed by atoms with E-state index in [0.29, 0.717) is 6.61 Å². The predicted octanol–water partition coefficient (Wildman–Crippen LogP) is 3.16. The van der Waals surface area contributed by atoms with E-state index in [-0.39, 0.29) is 5.75 Å². The summed E-state index contributed by atoms with van der Waals surface area (Å²) in [5.74, 6) is -2.64. The standard InChI is InChI=1S/C16H25BF2O3/c1-2-3-4-5-6-7-8-9-12-22-14-11-10-13(17(20)21)15(18)16(14)19/h10-11,20-21H,2-9,12H2,1H3. The van der Waals surface area contributed by atoms with Gasteiger partial charge in [0.25, 0.3) is 0 Å². The number of hydrogen-bond donors (Lipinski definition) is 2. The van der Waals surface area contributed by atoms with E-state index in [9.17, 15) is 8.78 Å². The molecule has 0 saturated carbocycles. The van der Waals surface area contributed by atoms with E-state index in [1.54, 1.807) is 0 Å². The smallest absolute Gasteiger partial charge is 0.490 e. The van der Waals surface area contributed by atoms with E-state index in [1.165, 1.54) is 38.2 Å². The van der Waals surface area contributed by atoms with Gasteiger partial charge in [-0.05, 0) is 12.5 Å². The van der Waals surface area contributed by atoms with Crippen molar-refractivity contribution in [1.82, 2.24) is 0 Å². The number of ether oxygens (including phenoxy) is 1. The Morgan fingerprint density at radius 1 is 0.909 bits per heavy atom.